The average molecular weight is 369 g/mol. The van der Waals surface area contributed by atoms with Crippen molar-refractivity contribution < 1.29 is 9.90 Å². The van der Waals surface area contributed by atoms with Gasteiger partial charge in [0.25, 0.3) is 0 Å². The first kappa shape index (κ1) is 21.1. The summed E-state index contributed by atoms with van der Waals surface area (Å²) in [7, 11) is 1.78. The van der Waals surface area contributed by atoms with Crippen molar-refractivity contribution in [2.45, 2.75) is 57.8 Å². The zero-order valence-corrected chi connectivity index (χ0v) is 16.6. The van der Waals surface area contributed by atoms with Crippen molar-refractivity contribution in [3.8, 4) is 0 Å². The molecule has 2 N–H and O–H groups in total. The third kappa shape index (κ3) is 6.49. The molecule has 0 aliphatic carbocycles. The Morgan fingerprint density at radius 1 is 1.07 bits per heavy atom. The maximum atomic E-state index is 12.8. The van der Waals surface area contributed by atoms with E-state index in [2.05, 4.69) is 24.4 Å². The molecule has 0 saturated carbocycles. The molecule has 0 heterocycles. The monoisotopic (exact) mass is 368 g/mol. The molecule has 146 valence electrons. The van der Waals surface area contributed by atoms with Gasteiger partial charge in [0, 0.05) is 26.1 Å². The second kappa shape index (κ2) is 10.9. The molecule has 0 fully saturated rings. The molecule has 0 saturated heterocycles. The Labute approximate surface area is 163 Å². The number of hydrogen-bond acceptors (Lipinski definition) is 3. The summed E-state index contributed by atoms with van der Waals surface area (Å²) in [5, 5.41) is 14.1. The Hall–Kier alpha value is -2.17. The summed E-state index contributed by atoms with van der Waals surface area (Å²) in [4.78, 5) is 14.5. The average Bonchev–Trinajstić information content (AvgIpc) is 2.71. The maximum Gasteiger partial charge on any atom is 0.224 e. The van der Waals surface area contributed by atoms with Gasteiger partial charge >= 0.3 is 0 Å². The van der Waals surface area contributed by atoms with Gasteiger partial charge in [-0.1, -0.05) is 74.0 Å². The molecule has 4 nitrogen and oxygen atoms in total. The lowest BCUT2D eigenvalue weighted by molar-refractivity contribution is -0.134. The molecule has 0 aromatic heterocycles. The van der Waals surface area contributed by atoms with Crippen LogP contribution in [0.3, 0.4) is 0 Å². The van der Waals surface area contributed by atoms with Crippen LogP contribution in [0, 0.1) is 0 Å². The molecule has 1 amide bonds. The van der Waals surface area contributed by atoms with Gasteiger partial charge < -0.3 is 15.3 Å². The first-order valence-corrected chi connectivity index (χ1v) is 9.79. The molecule has 2 aromatic rings. The van der Waals surface area contributed by atoms with Crippen LogP contribution >= 0.6 is 0 Å². The van der Waals surface area contributed by atoms with Gasteiger partial charge in [-0.2, -0.15) is 0 Å². The van der Waals surface area contributed by atoms with E-state index in [4.69, 9.17) is 0 Å². The second-order valence-corrected chi connectivity index (χ2v) is 7.16. The van der Waals surface area contributed by atoms with Crippen molar-refractivity contribution in [3.05, 3.63) is 71.8 Å². The van der Waals surface area contributed by atoms with Gasteiger partial charge in [0.15, 0.2) is 0 Å². The topological polar surface area (TPSA) is 52.6 Å². The van der Waals surface area contributed by atoms with E-state index in [9.17, 15) is 9.90 Å². The van der Waals surface area contributed by atoms with Gasteiger partial charge in [-0.15, -0.1) is 0 Å². The van der Waals surface area contributed by atoms with Crippen LogP contribution in [0.5, 0.6) is 0 Å². The fraction of sp³-hybridized carbons (Fsp3) is 0.435. The quantitative estimate of drug-likeness (QED) is 0.668. The van der Waals surface area contributed by atoms with E-state index in [1.165, 1.54) is 5.56 Å². The molecule has 27 heavy (non-hydrogen) atoms. The Kier molecular flexibility index (Phi) is 8.49. The highest BCUT2D eigenvalue weighted by Gasteiger charge is 2.25. The molecule has 0 spiro atoms. The molecular formula is C23H32N2O2. The minimum absolute atomic E-state index is 0.0523. The van der Waals surface area contributed by atoms with Crippen LogP contribution in [0.1, 0.15) is 50.3 Å². The summed E-state index contributed by atoms with van der Waals surface area (Å²) < 4.78 is 0. The van der Waals surface area contributed by atoms with Crippen molar-refractivity contribution in [2.75, 3.05) is 7.05 Å². The van der Waals surface area contributed by atoms with Crippen LogP contribution in [0.2, 0.25) is 0 Å². The van der Waals surface area contributed by atoms with Crippen LogP contribution in [0.4, 0.5) is 0 Å². The molecule has 0 aliphatic rings. The van der Waals surface area contributed by atoms with Gasteiger partial charge in [-0.25, -0.2) is 0 Å². The predicted octanol–water partition coefficient (Wildman–Crippen LogP) is 3.92. The number of nitrogens with one attached hydrogen (secondary N) is 1. The highest BCUT2D eigenvalue weighted by molar-refractivity contribution is 5.77. The first-order valence-electron chi connectivity index (χ1n) is 9.79. The second-order valence-electron chi connectivity index (χ2n) is 7.16. The normalized spacial score (nSPS) is 14.4. The number of rotatable bonds is 10. The molecule has 2 rings (SSSR count). The van der Waals surface area contributed by atoms with Crippen LogP contribution in [-0.4, -0.2) is 35.0 Å². The highest BCUT2D eigenvalue weighted by Crippen LogP contribution is 2.20. The Morgan fingerprint density at radius 3 is 2.26 bits per heavy atom. The zero-order chi connectivity index (χ0) is 19.6. The minimum Gasteiger partial charge on any atom is -0.386 e. The number of nitrogens with zero attached hydrogens (tertiary/aromatic N) is 1. The summed E-state index contributed by atoms with van der Waals surface area (Å²) in [6, 6.07) is 19.6. The summed E-state index contributed by atoms with van der Waals surface area (Å²) in [6.45, 7) is 4.78. The predicted molar refractivity (Wildman–Crippen MR) is 110 cm³/mol. The van der Waals surface area contributed by atoms with E-state index in [0.717, 1.165) is 24.9 Å². The van der Waals surface area contributed by atoms with Gasteiger partial charge in [0.05, 0.1) is 12.1 Å². The number of carbonyl (C=O) groups excluding carboxylic acids is 1. The Morgan fingerprint density at radius 2 is 1.67 bits per heavy atom. The number of aliphatic hydroxyl groups is 1. The summed E-state index contributed by atoms with van der Waals surface area (Å²) in [5.41, 5.74) is 2.05. The number of hydrogen-bond donors (Lipinski definition) is 2. The summed E-state index contributed by atoms with van der Waals surface area (Å²) >= 11 is 0. The number of carbonyl (C=O) groups is 1. The van der Waals surface area contributed by atoms with Crippen LogP contribution in [0.25, 0.3) is 0 Å². The standard InChI is InChI=1S/C23H32N2O2/c1-4-11-21(24-17-19-12-7-5-8-13-19)16-22(26)25(3)18(2)23(27)20-14-9-6-10-15-20/h5-10,12-15,18,21,23-24,27H,4,11,16-17H2,1-3H3/t18-,21+,23+/m0/s1. The maximum absolute atomic E-state index is 12.8. The van der Waals surface area contributed by atoms with E-state index >= 15 is 0 Å². The Balaban J connectivity index is 1.92. The molecule has 3 atom stereocenters. The molecular weight excluding hydrogens is 336 g/mol. The highest BCUT2D eigenvalue weighted by atomic mass is 16.3. The molecule has 0 bridgehead atoms. The lowest BCUT2D eigenvalue weighted by Gasteiger charge is -2.31. The molecule has 0 radical (unpaired) electrons. The summed E-state index contributed by atoms with van der Waals surface area (Å²) in [6.07, 6.45) is 1.71. The number of likely N-dealkylation sites (N-methyl/N-ethyl adjacent to an activating group) is 1. The van der Waals surface area contributed by atoms with E-state index in [1.54, 1.807) is 11.9 Å². The first-order chi connectivity index (χ1) is 13.0. The third-order valence-electron chi connectivity index (χ3n) is 5.10. The Bertz CT molecular complexity index is 675. The number of aliphatic hydroxyl groups excluding tert-OH is 1. The molecule has 2 aromatic carbocycles. The van der Waals surface area contributed by atoms with Gasteiger partial charge in [-0.3, -0.25) is 4.79 Å². The number of benzene rings is 2. The van der Waals surface area contributed by atoms with Crippen LogP contribution in [0.15, 0.2) is 60.7 Å². The van der Waals surface area contributed by atoms with Crippen LogP contribution < -0.4 is 5.32 Å². The minimum atomic E-state index is -0.693. The summed E-state index contributed by atoms with van der Waals surface area (Å²) in [5.74, 6) is 0.0523. The SMILES string of the molecule is CCC[C@H](CC(=O)N(C)[C@@H](C)[C@@H](O)c1ccccc1)NCc1ccccc1. The van der Waals surface area contributed by atoms with Crippen LogP contribution in [-0.2, 0) is 11.3 Å². The van der Waals surface area contributed by atoms with E-state index < -0.39 is 6.10 Å². The van der Waals surface area contributed by atoms with Gasteiger partial charge in [-0.05, 0) is 24.5 Å². The van der Waals surface area contributed by atoms with Crippen molar-refractivity contribution >= 4 is 5.91 Å². The lowest BCUT2D eigenvalue weighted by atomic mass is 10.0. The van der Waals surface area contributed by atoms with Gasteiger partial charge in [0.1, 0.15) is 0 Å². The fourth-order valence-corrected chi connectivity index (χ4v) is 3.21. The zero-order valence-electron chi connectivity index (χ0n) is 16.6. The van der Waals surface area contributed by atoms with Crippen molar-refractivity contribution in [3.63, 3.8) is 0 Å². The fourth-order valence-electron chi connectivity index (χ4n) is 3.21. The molecule has 4 heteroatoms. The lowest BCUT2D eigenvalue weighted by Crippen LogP contribution is -2.42. The molecule has 0 aliphatic heterocycles. The number of amides is 1. The van der Waals surface area contributed by atoms with E-state index in [-0.39, 0.29) is 18.0 Å². The molecule has 0 unspecified atom stereocenters. The van der Waals surface area contributed by atoms with E-state index in [1.807, 2.05) is 55.5 Å². The smallest absolute Gasteiger partial charge is 0.224 e. The van der Waals surface area contributed by atoms with Gasteiger partial charge in [0.2, 0.25) is 5.91 Å². The van der Waals surface area contributed by atoms with Crippen molar-refractivity contribution in [1.29, 1.82) is 0 Å². The third-order valence-corrected chi connectivity index (χ3v) is 5.10. The van der Waals surface area contributed by atoms with Crippen molar-refractivity contribution in [2.24, 2.45) is 0 Å². The van der Waals surface area contributed by atoms with E-state index in [0.29, 0.717) is 6.42 Å². The largest absolute Gasteiger partial charge is 0.386 e. The van der Waals surface area contributed by atoms with Crippen molar-refractivity contribution in [1.82, 2.24) is 10.2 Å².